The van der Waals surface area contributed by atoms with Crippen LogP contribution in [-0.4, -0.2) is 65.8 Å². The highest BCUT2D eigenvalue weighted by molar-refractivity contribution is 6.05. The number of aliphatic hydroxyl groups excluding tert-OH is 1. The molecular formula is C28H30N4O3. The molecule has 3 aromatic rings. The molecule has 0 spiro atoms. The van der Waals surface area contributed by atoms with Crippen LogP contribution >= 0.6 is 0 Å². The van der Waals surface area contributed by atoms with Crippen LogP contribution in [0.5, 0.6) is 0 Å². The van der Waals surface area contributed by atoms with E-state index in [4.69, 9.17) is 0 Å². The van der Waals surface area contributed by atoms with Crippen molar-refractivity contribution < 1.29 is 14.7 Å². The van der Waals surface area contributed by atoms with Gasteiger partial charge in [-0.2, -0.15) is 5.10 Å². The number of hydrogen-bond acceptors (Lipinski definition) is 5. The summed E-state index contributed by atoms with van der Waals surface area (Å²) in [6.07, 6.45) is -0.481. The molecule has 1 heterocycles. The van der Waals surface area contributed by atoms with Gasteiger partial charge in [-0.1, -0.05) is 72.8 Å². The summed E-state index contributed by atoms with van der Waals surface area (Å²) in [4.78, 5) is 28.1. The Balaban J connectivity index is 1.49. The van der Waals surface area contributed by atoms with Crippen LogP contribution in [0.3, 0.4) is 0 Å². The van der Waals surface area contributed by atoms with E-state index in [1.54, 1.807) is 22.0 Å². The first-order valence-corrected chi connectivity index (χ1v) is 11.6. The Morgan fingerprint density at radius 3 is 2.20 bits per heavy atom. The van der Waals surface area contributed by atoms with Crippen molar-refractivity contribution in [2.45, 2.75) is 18.6 Å². The van der Waals surface area contributed by atoms with E-state index in [1.165, 1.54) is 0 Å². The van der Waals surface area contributed by atoms with Crippen LogP contribution in [0.25, 0.3) is 11.1 Å². The third-order valence-electron chi connectivity index (χ3n) is 5.96. The summed E-state index contributed by atoms with van der Waals surface area (Å²) in [5.74, 6) is -0.532. The topological polar surface area (TPSA) is 85.2 Å². The summed E-state index contributed by atoms with van der Waals surface area (Å²) >= 11 is 0. The maximum absolute atomic E-state index is 13.4. The van der Waals surface area contributed by atoms with Crippen LogP contribution in [-0.2, 0) is 4.79 Å². The maximum atomic E-state index is 13.4. The average molecular weight is 471 g/mol. The number of carbonyl (C=O) groups is 2. The zero-order valence-electron chi connectivity index (χ0n) is 20.0. The van der Waals surface area contributed by atoms with Crippen molar-refractivity contribution in [3.63, 3.8) is 0 Å². The zero-order chi connectivity index (χ0) is 24.8. The van der Waals surface area contributed by atoms with E-state index in [9.17, 15) is 14.7 Å². The number of nitrogens with one attached hydrogen (secondary N) is 1. The molecule has 7 nitrogen and oxygen atoms in total. The Labute approximate surface area is 205 Å². The second-order valence-electron chi connectivity index (χ2n) is 8.78. The number of carbonyl (C=O) groups excluding carboxylic acids is 2. The van der Waals surface area contributed by atoms with Crippen molar-refractivity contribution in [3.05, 3.63) is 96.1 Å². The number of rotatable bonds is 7. The van der Waals surface area contributed by atoms with Crippen LogP contribution in [0.15, 0.2) is 90.0 Å². The van der Waals surface area contributed by atoms with Gasteiger partial charge in [0.15, 0.2) is 0 Å². The third-order valence-corrected chi connectivity index (χ3v) is 5.96. The summed E-state index contributed by atoms with van der Waals surface area (Å²) < 4.78 is 0. The molecule has 2 atom stereocenters. The number of hydrogen-bond donors (Lipinski definition) is 2. The van der Waals surface area contributed by atoms with Crippen LogP contribution in [0.4, 0.5) is 0 Å². The van der Waals surface area contributed by atoms with Gasteiger partial charge in [-0.15, -0.1) is 0 Å². The first kappa shape index (κ1) is 24.2. The Morgan fingerprint density at radius 1 is 0.971 bits per heavy atom. The normalized spacial score (nSPS) is 17.3. The minimum absolute atomic E-state index is 0.0628. The van der Waals surface area contributed by atoms with Gasteiger partial charge in [-0.05, 0) is 28.8 Å². The summed E-state index contributed by atoms with van der Waals surface area (Å²) in [5.41, 5.74) is 4.08. The molecule has 0 saturated carbocycles. The molecule has 0 aromatic heterocycles. The summed E-state index contributed by atoms with van der Waals surface area (Å²) in [7, 11) is 3.62. The van der Waals surface area contributed by atoms with Gasteiger partial charge in [-0.25, -0.2) is 0 Å². The smallest absolute Gasteiger partial charge is 0.254 e. The van der Waals surface area contributed by atoms with Crippen molar-refractivity contribution in [2.75, 3.05) is 27.2 Å². The molecule has 0 aliphatic carbocycles. The highest BCUT2D eigenvalue weighted by Gasteiger charge is 2.38. The average Bonchev–Trinajstić information content (AvgIpc) is 3.31. The second-order valence-corrected chi connectivity index (χ2v) is 8.78. The SMILES string of the molecule is CN(C)N=C1C[C@@H](C(=O)NC[C@H](O)c2ccccc2)N(C(=O)c2ccc(-c3ccccc3)cc2)C1. The van der Waals surface area contributed by atoms with Crippen molar-refractivity contribution in [2.24, 2.45) is 5.10 Å². The van der Waals surface area contributed by atoms with E-state index < -0.39 is 12.1 Å². The van der Waals surface area contributed by atoms with E-state index in [2.05, 4.69) is 10.4 Å². The number of likely N-dealkylation sites (tertiary alicyclic amines) is 1. The highest BCUT2D eigenvalue weighted by atomic mass is 16.3. The Bertz CT molecular complexity index is 1180. The van der Waals surface area contributed by atoms with Crippen molar-refractivity contribution >= 4 is 17.5 Å². The molecule has 2 N–H and O–H groups in total. The van der Waals surface area contributed by atoms with Crippen LogP contribution in [0.1, 0.15) is 28.4 Å². The molecule has 1 aliphatic heterocycles. The summed E-state index contributed by atoms with van der Waals surface area (Å²) in [6.45, 7) is 0.337. The molecule has 3 aromatic carbocycles. The number of aliphatic hydroxyl groups is 1. The van der Waals surface area contributed by atoms with Gasteiger partial charge >= 0.3 is 0 Å². The summed E-state index contributed by atoms with van der Waals surface area (Å²) in [6, 6.07) is 25.8. The van der Waals surface area contributed by atoms with Crippen molar-refractivity contribution in [3.8, 4) is 11.1 Å². The van der Waals surface area contributed by atoms with Gasteiger partial charge < -0.3 is 20.3 Å². The highest BCUT2D eigenvalue weighted by Crippen LogP contribution is 2.23. The molecule has 7 heteroatoms. The van der Waals surface area contributed by atoms with Gasteiger partial charge in [0.05, 0.1) is 18.4 Å². The lowest BCUT2D eigenvalue weighted by Gasteiger charge is -2.24. The Hall–Kier alpha value is -3.97. The van der Waals surface area contributed by atoms with E-state index in [0.29, 0.717) is 12.0 Å². The molecule has 1 saturated heterocycles. The number of hydrazone groups is 1. The Kier molecular flexibility index (Phi) is 7.57. The van der Waals surface area contributed by atoms with Gasteiger partial charge in [0.25, 0.3) is 5.91 Å². The molecule has 1 fully saturated rings. The molecule has 0 radical (unpaired) electrons. The van der Waals surface area contributed by atoms with Gasteiger partial charge in [0, 0.05) is 32.6 Å². The fourth-order valence-electron chi connectivity index (χ4n) is 4.22. The maximum Gasteiger partial charge on any atom is 0.254 e. The molecule has 2 amide bonds. The second kappa shape index (κ2) is 11.0. The first-order chi connectivity index (χ1) is 16.9. The predicted molar refractivity (Wildman–Crippen MR) is 137 cm³/mol. The van der Waals surface area contributed by atoms with Crippen molar-refractivity contribution in [1.29, 1.82) is 0 Å². The van der Waals surface area contributed by atoms with E-state index >= 15 is 0 Å². The molecule has 35 heavy (non-hydrogen) atoms. The minimum atomic E-state index is -0.828. The summed E-state index contributed by atoms with van der Waals surface area (Å²) in [5, 5.41) is 19.4. The number of benzene rings is 3. The molecule has 1 aliphatic rings. The van der Waals surface area contributed by atoms with Gasteiger partial charge in [0.2, 0.25) is 5.91 Å². The van der Waals surface area contributed by atoms with E-state index in [0.717, 1.165) is 22.4 Å². The lowest BCUT2D eigenvalue weighted by Crippen LogP contribution is -2.46. The third kappa shape index (κ3) is 5.94. The monoisotopic (exact) mass is 470 g/mol. The zero-order valence-corrected chi connectivity index (χ0v) is 20.0. The van der Waals surface area contributed by atoms with Crippen LogP contribution in [0, 0.1) is 0 Å². The number of amides is 2. The minimum Gasteiger partial charge on any atom is -0.387 e. The molecule has 4 rings (SSSR count). The lowest BCUT2D eigenvalue weighted by molar-refractivity contribution is -0.125. The Morgan fingerprint density at radius 2 is 1.57 bits per heavy atom. The quantitative estimate of drug-likeness (QED) is 0.519. The molecular weight excluding hydrogens is 440 g/mol. The standard InChI is InChI=1S/C28H30N4O3/c1-31(2)30-24-17-25(27(34)29-18-26(33)22-11-7-4-8-12-22)32(19-24)28(35)23-15-13-21(14-16-23)20-9-5-3-6-10-20/h3-16,25-26,33H,17-19H2,1-2H3,(H,29,34)/t25-,26-/m0/s1. The predicted octanol–water partition coefficient (Wildman–Crippen LogP) is 3.34. The van der Waals surface area contributed by atoms with Gasteiger partial charge in [0.1, 0.15) is 6.04 Å². The van der Waals surface area contributed by atoms with Crippen molar-refractivity contribution in [1.82, 2.24) is 15.2 Å². The lowest BCUT2D eigenvalue weighted by atomic mass is 10.0. The number of nitrogens with zero attached hydrogens (tertiary/aromatic N) is 3. The molecule has 0 bridgehead atoms. The van der Waals surface area contributed by atoms with E-state index in [1.807, 2.05) is 86.9 Å². The largest absolute Gasteiger partial charge is 0.387 e. The molecule has 180 valence electrons. The van der Waals surface area contributed by atoms with E-state index in [-0.39, 0.29) is 24.9 Å². The fourth-order valence-corrected chi connectivity index (χ4v) is 4.22. The van der Waals surface area contributed by atoms with Gasteiger partial charge in [-0.3, -0.25) is 9.59 Å². The fraction of sp³-hybridized carbons (Fsp3) is 0.250. The molecule has 0 unspecified atom stereocenters. The van der Waals surface area contributed by atoms with Crippen LogP contribution < -0.4 is 5.32 Å². The first-order valence-electron chi connectivity index (χ1n) is 11.6. The van der Waals surface area contributed by atoms with Crippen LogP contribution in [0.2, 0.25) is 0 Å².